The highest BCUT2D eigenvalue weighted by Gasteiger charge is 2.22. The van der Waals surface area contributed by atoms with Crippen molar-refractivity contribution in [2.75, 3.05) is 63.5 Å². The lowest BCUT2D eigenvalue weighted by Gasteiger charge is -2.24. The Kier molecular flexibility index (Phi) is 9.26. The summed E-state index contributed by atoms with van der Waals surface area (Å²) in [6.07, 6.45) is 0. The minimum Gasteiger partial charge on any atom is -0.383 e. The highest BCUT2D eigenvalue weighted by molar-refractivity contribution is 7.91. The number of fused-ring (bicyclic) bond motifs is 1. The first-order valence-corrected chi connectivity index (χ1v) is 14.5. The maximum atomic E-state index is 13.7. The molecular formula is C29H35FN6O4S. The summed E-state index contributed by atoms with van der Waals surface area (Å²) in [5, 5.41) is 13.6. The Balaban J connectivity index is 1.65. The molecule has 0 aliphatic carbocycles. The molecule has 3 aromatic carbocycles. The number of halogens is 1. The molecule has 1 amide bonds. The quantitative estimate of drug-likeness (QED) is 0.227. The van der Waals surface area contributed by atoms with Gasteiger partial charge in [0.25, 0.3) is 5.91 Å². The van der Waals surface area contributed by atoms with Crippen molar-refractivity contribution >= 4 is 43.8 Å². The predicted molar refractivity (Wildman–Crippen MR) is 159 cm³/mol. The maximum Gasteiger partial charge on any atom is 0.258 e. The number of anilines is 3. The summed E-state index contributed by atoms with van der Waals surface area (Å²) < 4.78 is 45.3. The lowest BCUT2D eigenvalue weighted by molar-refractivity contribution is 0.102. The number of benzene rings is 3. The predicted octanol–water partition coefficient (Wildman–Crippen LogP) is 4.23. The molecular weight excluding hydrogens is 547 g/mol. The second-order valence-corrected chi connectivity index (χ2v) is 12.1. The number of hydrogen-bond donors (Lipinski definition) is 3. The van der Waals surface area contributed by atoms with Crippen molar-refractivity contribution in [3.63, 3.8) is 0 Å². The largest absolute Gasteiger partial charge is 0.383 e. The summed E-state index contributed by atoms with van der Waals surface area (Å²) in [7, 11) is 3.63. The van der Waals surface area contributed by atoms with E-state index < -0.39 is 21.6 Å². The van der Waals surface area contributed by atoms with Gasteiger partial charge in [-0.15, -0.1) is 0 Å². The van der Waals surface area contributed by atoms with Crippen LogP contribution in [0.3, 0.4) is 0 Å². The molecule has 4 rings (SSSR count). The molecule has 1 atom stereocenters. The third-order valence-electron chi connectivity index (χ3n) is 6.57. The molecule has 218 valence electrons. The normalized spacial score (nSPS) is 12.5. The average Bonchev–Trinajstić information content (AvgIpc) is 3.33. The molecule has 0 aliphatic rings. The highest BCUT2D eigenvalue weighted by Crippen LogP contribution is 2.30. The van der Waals surface area contributed by atoms with Crippen LogP contribution in [0, 0.1) is 5.82 Å². The Hall–Kier alpha value is -4.00. The van der Waals surface area contributed by atoms with Crippen LogP contribution in [0.25, 0.3) is 10.9 Å². The number of aromatic nitrogens is 2. The number of sulfone groups is 1. The van der Waals surface area contributed by atoms with E-state index >= 15 is 0 Å². The Morgan fingerprint density at radius 3 is 2.51 bits per heavy atom. The number of rotatable bonds is 12. The number of ether oxygens (including phenoxy) is 1. The number of likely N-dealkylation sites (N-methyl/N-ethyl adjacent to an activating group) is 2. The third kappa shape index (κ3) is 7.02. The summed E-state index contributed by atoms with van der Waals surface area (Å²) in [6.45, 7) is 4.06. The van der Waals surface area contributed by atoms with Crippen molar-refractivity contribution < 1.29 is 22.3 Å². The first-order chi connectivity index (χ1) is 19.5. The van der Waals surface area contributed by atoms with E-state index in [9.17, 15) is 17.6 Å². The third-order valence-corrected chi connectivity index (χ3v) is 8.32. The summed E-state index contributed by atoms with van der Waals surface area (Å²) in [4.78, 5) is 17.5. The molecule has 0 fully saturated rings. The molecule has 1 aromatic heterocycles. The van der Waals surface area contributed by atoms with Gasteiger partial charge in [-0.25, -0.2) is 12.8 Å². The standard InChI is InChI=1S/C29H35FN6O4S/c1-19(18-40-5)31-27-16-21(36(4)14-13-35(2)3)9-11-24(27)29(37)32-28-25-17-23(10-12-26(25)33-34-28)41(38,39)22-8-6-7-20(30)15-22/h6-12,15-17,19,31H,13-14,18H2,1-5H3,(H2,32,33,34,37)/t19-/m1/s1. The van der Waals surface area contributed by atoms with Crippen LogP contribution in [0.2, 0.25) is 0 Å². The van der Waals surface area contributed by atoms with Crippen molar-refractivity contribution in [2.45, 2.75) is 22.8 Å². The maximum absolute atomic E-state index is 13.7. The number of nitrogens with one attached hydrogen (secondary N) is 3. The zero-order valence-corrected chi connectivity index (χ0v) is 24.5. The van der Waals surface area contributed by atoms with Gasteiger partial charge in [0.2, 0.25) is 9.84 Å². The lowest BCUT2D eigenvalue weighted by atomic mass is 10.1. The zero-order valence-electron chi connectivity index (χ0n) is 23.7. The molecule has 0 bridgehead atoms. The van der Waals surface area contributed by atoms with Gasteiger partial charge >= 0.3 is 0 Å². The van der Waals surface area contributed by atoms with Gasteiger partial charge in [0.15, 0.2) is 5.82 Å². The van der Waals surface area contributed by atoms with E-state index in [4.69, 9.17) is 4.74 Å². The van der Waals surface area contributed by atoms with Crippen molar-refractivity contribution in [2.24, 2.45) is 0 Å². The molecule has 3 N–H and O–H groups in total. The van der Waals surface area contributed by atoms with Crippen LogP contribution in [0.15, 0.2) is 70.5 Å². The molecule has 41 heavy (non-hydrogen) atoms. The number of amides is 1. The van der Waals surface area contributed by atoms with E-state index in [2.05, 4.69) is 30.6 Å². The van der Waals surface area contributed by atoms with Crippen LogP contribution in [-0.2, 0) is 14.6 Å². The fraction of sp³-hybridized carbons (Fsp3) is 0.310. The van der Waals surface area contributed by atoms with Gasteiger partial charge in [-0.05, 0) is 75.6 Å². The number of nitrogens with zero attached hydrogens (tertiary/aromatic N) is 3. The van der Waals surface area contributed by atoms with Crippen LogP contribution < -0.4 is 15.5 Å². The first kappa shape index (κ1) is 30.0. The van der Waals surface area contributed by atoms with Gasteiger partial charge in [0.1, 0.15) is 5.82 Å². The summed E-state index contributed by atoms with van der Waals surface area (Å²) in [6, 6.07) is 14.7. The monoisotopic (exact) mass is 582 g/mol. The molecule has 12 heteroatoms. The summed E-state index contributed by atoms with van der Waals surface area (Å²) in [5.74, 6) is -0.904. The van der Waals surface area contributed by atoms with Crippen molar-refractivity contribution in [1.29, 1.82) is 0 Å². The number of carbonyl (C=O) groups is 1. The van der Waals surface area contributed by atoms with Crippen molar-refractivity contribution in [1.82, 2.24) is 15.1 Å². The second-order valence-electron chi connectivity index (χ2n) is 10.1. The minimum absolute atomic E-state index is 0.0478. The molecule has 0 radical (unpaired) electrons. The SMILES string of the molecule is COC[C@@H](C)Nc1cc(N(C)CCN(C)C)ccc1C(=O)Nc1n[nH]c2ccc(S(=O)(=O)c3cccc(F)c3)cc12. The van der Waals surface area contributed by atoms with E-state index in [0.717, 1.165) is 24.8 Å². The van der Waals surface area contributed by atoms with Crippen LogP contribution in [0.4, 0.5) is 21.6 Å². The van der Waals surface area contributed by atoms with Gasteiger partial charge in [-0.1, -0.05) is 6.07 Å². The molecule has 0 saturated carbocycles. The Morgan fingerprint density at radius 1 is 1.05 bits per heavy atom. The molecule has 0 spiro atoms. The number of carbonyl (C=O) groups excluding carboxylic acids is 1. The molecule has 0 unspecified atom stereocenters. The van der Waals surface area contributed by atoms with Crippen LogP contribution >= 0.6 is 0 Å². The number of aromatic amines is 1. The number of H-pyrrole nitrogens is 1. The Labute approximate surface area is 239 Å². The van der Waals surface area contributed by atoms with Crippen LogP contribution in [-0.4, -0.2) is 83.4 Å². The fourth-order valence-corrected chi connectivity index (χ4v) is 5.64. The first-order valence-electron chi connectivity index (χ1n) is 13.0. The van der Waals surface area contributed by atoms with E-state index in [1.165, 1.54) is 30.3 Å². The van der Waals surface area contributed by atoms with E-state index in [-0.39, 0.29) is 21.7 Å². The topological polar surface area (TPSA) is 120 Å². The van der Waals surface area contributed by atoms with Crippen molar-refractivity contribution in [3.05, 3.63) is 72.0 Å². The second kappa shape index (κ2) is 12.7. The number of methoxy groups -OCH3 is 1. The number of hydrogen-bond acceptors (Lipinski definition) is 8. The van der Waals surface area contributed by atoms with Gasteiger partial charge in [-0.2, -0.15) is 5.10 Å². The lowest BCUT2D eigenvalue weighted by Crippen LogP contribution is -2.29. The fourth-order valence-electron chi connectivity index (χ4n) is 4.32. The molecule has 10 nitrogen and oxygen atoms in total. The Bertz CT molecular complexity index is 1640. The molecule has 4 aromatic rings. The van der Waals surface area contributed by atoms with Gasteiger partial charge in [0.05, 0.1) is 27.5 Å². The van der Waals surface area contributed by atoms with E-state index in [1.54, 1.807) is 19.2 Å². The van der Waals surface area contributed by atoms with Gasteiger partial charge < -0.3 is 25.2 Å². The van der Waals surface area contributed by atoms with E-state index in [0.29, 0.717) is 28.8 Å². The summed E-state index contributed by atoms with van der Waals surface area (Å²) in [5.41, 5.74) is 2.48. The highest BCUT2D eigenvalue weighted by atomic mass is 32.2. The van der Waals surface area contributed by atoms with Crippen LogP contribution in [0.5, 0.6) is 0 Å². The average molecular weight is 583 g/mol. The summed E-state index contributed by atoms with van der Waals surface area (Å²) >= 11 is 0. The molecule has 1 heterocycles. The van der Waals surface area contributed by atoms with Crippen molar-refractivity contribution in [3.8, 4) is 0 Å². The van der Waals surface area contributed by atoms with E-state index in [1.807, 2.05) is 40.2 Å². The van der Waals surface area contributed by atoms with Gasteiger partial charge in [0, 0.05) is 50.0 Å². The Morgan fingerprint density at radius 2 is 1.80 bits per heavy atom. The minimum atomic E-state index is -4.00. The molecule has 0 aliphatic heterocycles. The van der Waals surface area contributed by atoms with Gasteiger partial charge in [-0.3, -0.25) is 9.89 Å². The smallest absolute Gasteiger partial charge is 0.258 e. The zero-order chi connectivity index (χ0) is 29.7. The van der Waals surface area contributed by atoms with Crippen LogP contribution in [0.1, 0.15) is 17.3 Å². The molecule has 0 saturated heterocycles.